The summed E-state index contributed by atoms with van der Waals surface area (Å²) >= 11 is 1.96. The molecule has 96 valence electrons. The number of hydrogen-bond acceptors (Lipinski definition) is 3. The lowest BCUT2D eigenvalue weighted by atomic mass is 10.1. The Kier molecular flexibility index (Phi) is 4.60. The lowest BCUT2D eigenvalue weighted by Gasteiger charge is -2.33. The minimum Gasteiger partial charge on any atom is -0.311 e. The molecule has 1 N–H and O–H groups in total. The van der Waals surface area contributed by atoms with Crippen LogP contribution in [0.3, 0.4) is 0 Å². The van der Waals surface area contributed by atoms with Crippen LogP contribution in [0.15, 0.2) is 6.07 Å². The normalized spacial score (nSPS) is 21.9. The van der Waals surface area contributed by atoms with Gasteiger partial charge in [0.2, 0.25) is 0 Å². The Labute approximate surface area is 109 Å². The molecular formula is C14H24N2S. The highest BCUT2D eigenvalue weighted by molar-refractivity contribution is 7.12. The van der Waals surface area contributed by atoms with E-state index >= 15 is 0 Å². The van der Waals surface area contributed by atoms with E-state index in [4.69, 9.17) is 0 Å². The molecule has 0 aromatic carbocycles. The molecular weight excluding hydrogens is 228 g/mol. The summed E-state index contributed by atoms with van der Waals surface area (Å²) in [6.07, 6.45) is 2.59. The molecule has 2 heterocycles. The van der Waals surface area contributed by atoms with E-state index < -0.39 is 0 Å². The second-order valence-corrected chi connectivity index (χ2v) is 6.47. The van der Waals surface area contributed by atoms with Crippen LogP contribution < -0.4 is 5.32 Å². The predicted molar refractivity (Wildman–Crippen MR) is 75.8 cm³/mol. The highest BCUT2D eigenvalue weighted by Gasteiger charge is 2.19. The first-order valence-electron chi connectivity index (χ1n) is 6.70. The van der Waals surface area contributed by atoms with Gasteiger partial charge in [0.15, 0.2) is 0 Å². The third-order valence-corrected chi connectivity index (χ3v) is 4.71. The first kappa shape index (κ1) is 13.1. The Balaban J connectivity index is 1.90. The summed E-state index contributed by atoms with van der Waals surface area (Å²) in [5.41, 5.74) is 1.45. The smallest absolute Gasteiger partial charge is 0.0329 e. The maximum absolute atomic E-state index is 3.61. The summed E-state index contributed by atoms with van der Waals surface area (Å²) in [7, 11) is 0. The molecule has 1 saturated heterocycles. The lowest BCUT2D eigenvalue weighted by Crippen LogP contribution is -2.49. The van der Waals surface area contributed by atoms with Crippen LogP contribution in [-0.2, 0) is 6.54 Å². The molecule has 2 rings (SSSR count). The van der Waals surface area contributed by atoms with E-state index in [0.29, 0.717) is 6.04 Å². The van der Waals surface area contributed by atoms with Crippen LogP contribution in [-0.4, -0.2) is 30.6 Å². The van der Waals surface area contributed by atoms with Crippen molar-refractivity contribution in [3.05, 3.63) is 21.4 Å². The molecule has 17 heavy (non-hydrogen) atoms. The van der Waals surface area contributed by atoms with Crippen molar-refractivity contribution in [1.82, 2.24) is 10.2 Å². The van der Waals surface area contributed by atoms with E-state index in [2.05, 4.69) is 37.1 Å². The van der Waals surface area contributed by atoms with Crippen molar-refractivity contribution >= 4 is 11.3 Å². The Morgan fingerprint density at radius 3 is 2.94 bits per heavy atom. The number of piperazine rings is 1. The number of hydrogen-bond donors (Lipinski definition) is 1. The second-order valence-electron chi connectivity index (χ2n) is 5.13. The van der Waals surface area contributed by atoms with Gasteiger partial charge in [-0.3, -0.25) is 4.90 Å². The quantitative estimate of drug-likeness (QED) is 0.886. The van der Waals surface area contributed by atoms with Gasteiger partial charge in [-0.1, -0.05) is 13.3 Å². The fourth-order valence-electron chi connectivity index (χ4n) is 2.53. The van der Waals surface area contributed by atoms with Crippen LogP contribution in [0.25, 0.3) is 0 Å². The van der Waals surface area contributed by atoms with Crippen molar-refractivity contribution in [2.75, 3.05) is 19.6 Å². The van der Waals surface area contributed by atoms with Gasteiger partial charge >= 0.3 is 0 Å². The van der Waals surface area contributed by atoms with E-state index in [9.17, 15) is 0 Å². The van der Waals surface area contributed by atoms with Crippen molar-refractivity contribution in [2.24, 2.45) is 0 Å². The number of nitrogens with zero attached hydrogens (tertiary/aromatic N) is 1. The van der Waals surface area contributed by atoms with Crippen molar-refractivity contribution in [2.45, 2.75) is 46.2 Å². The largest absolute Gasteiger partial charge is 0.311 e. The number of thiophene rings is 1. The minimum absolute atomic E-state index is 0.705. The minimum atomic E-state index is 0.705. The molecule has 3 heteroatoms. The number of nitrogens with one attached hydrogen (secondary N) is 1. The molecule has 0 amide bonds. The Bertz CT molecular complexity index is 338. The predicted octanol–water partition coefficient (Wildman–Crippen LogP) is 2.94. The molecule has 1 aliphatic heterocycles. The molecule has 1 aromatic heterocycles. The summed E-state index contributed by atoms with van der Waals surface area (Å²) in [6, 6.07) is 3.06. The average molecular weight is 252 g/mol. The van der Waals surface area contributed by atoms with Crippen molar-refractivity contribution in [3.63, 3.8) is 0 Å². The first-order chi connectivity index (χ1) is 8.19. The number of rotatable bonds is 4. The van der Waals surface area contributed by atoms with E-state index in [1.807, 2.05) is 11.3 Å². The van der Waals surface area contributed by atoms with Gasteiger partial charge in [-0.05, 0) is 31.9 Å². The van der Waals surface area contributed by atoms with Crippen molar-refractivity contribution in [1.29, 1.82) is 0 Å². The Morgan fingerprint density at radius 1 is 1.47 bits per heavy atom. The molecule has 2 nitrogen and oxygen atoms in total. The van der Waals surface area contributed by atoms with Crippen LogP contribution in [0, 0.1) is 13.8 Å². The fourth-order valence-corrected chi connectivity index (χ4v) is 3.62. The van der Waals surface area contributed by atoms with Crippen molar-refractivity contribution in [3.8, 4) is 0 Å². The molecule has 0 bridgehead atoms. The van der Waals surface area contributed by atoms with Gasteiger partial charge in [-0.25, -0.2) is 0 Å². The molecule has 1 atom stereocenters. The van der Waals surface area contributed by atoms with Gasteiger partial charge in [-0.15, -0.1) is 11.3 Å². The van der Waals surface area contributed by atoms with Gasteiger partial charge < -0.3 is 5.32 Å². The van der Waals surface area contributed by atoms with Crippen LogP contribution in [0.1, 0.15) is 35.1 Å². The van der Waals surface area contributed by atoms with E-state index in [-0.39, 0.29) is 0 Å². The SMILES string of the molecule is CCCC1CN(Cc2cc(C)c(C)s2)CCN1. The molecule has 0 radical (unpaired) electrons. The molecule has 0 spiro atoms. The zero-order valence-electron chi connectivity index (χ0n) is 11.3. The Morgan fingerprint density at radius 2 is 2.29 bits per heavy atom. The average Bonchev–Trinajstić information content (AvgIpc) is 2.59. The number of aryl methyl sites for hydroxylation is 2. The molecule has 1 fully saturated rings. The molecule has 1 unspecified atom stereocenters. The van der Waals surface area contributed by atoms with Gasteiger partial charge in [-0.2, -0.15) is 0 Å². The van der Waals surface area contributed by atoms with E-state index in [0.717, 1.165) is 13.1 Å². The van der Waals surface area contributed by atoms with Crippen LogP contribution in [0.4, 0.5) is 0 Å². The molecule has 0 aliphatic carbocycles. The molecule has 0 saturated carbocycles. The first-order valence-corrected chi connectivity index (χ1v) is 7.52. The summed E-state index contributed by atoms with van der Waals surface area (Å²) in [6.45, 7) is 11.4. The summed E-state index contributed by atoms with van der Waals surface area (Å²) < 4.78 is 0. The summed E-state index contributed by atoms with van der Waals surface area (Å²) in [5, 5.41) is 3.61. The highest BCUT2D eigenvalue weighted by atomic mass is 32.1. The van der Waals surface area contributed by atoms with Crippen LogP contribution >= 0.6 is 11.3 Å². The lowest BCUT2D eigenvalue weighted by molar-refractivity contribution is 0.188. The van der Waals surface area contributed by atoms with Gasteiger partial charge in [0.05, 0.1) is 0 Å². The standard InChI is InChI=1S/C14H24N2S/c1-4-5-13-9-16(7-6-15-13)10-14-8-11(2)12(3)17-14/h8,13,15H,4-7,9-10H2,1-3H3. The Hall–Kier alpha value is -0.380. The highest BCUT2D eigenvalue weighted by Crippen LogP contribution is 2.22. The second kappa shape index (κ2) is 5.98. The maximum Gasteiger partial charge on any atom is 0.0329 e. The zero-order valence-corrected chi connectivity index (χ0v) is 12.1. The summed E-state index contributed by atoms with van der Waals surface area (Å²) in [4.78, 5) is 5.60. The summed E-state index contributed by atoms with van der Waals surface area (Å²) in [5.74, 6) is 0. The van der Waals surface area contributed by atoms with Crippen molar-refractivity contribution < 1.29 is 0 Å². The fraction of sp³-hybridized carbons (Fsp3) is 0.714. The van der Waals surface area contributed by atoms with Gasteiger partial charge in [0.25, 0.3) is 0 Å². The van der Waals surface area contributed by atoms with Crippen LogP contribution in [0.5, 0.6) is 0 Å². The maximum atomic E-state index is 3.61. The molecule has 1 aromatic rings. The third-order valence-electron chi connectivity index (χ3n) is 3.57. The van der Waals surface area contributed by atoms with Gasteiger partial charge in [0.1, 0.15) is 0 Å². The zero-order chi connectivity index (χ0) is 12.3. The van der Waals surface area contributed by atoms with E-state index in [1.54, 1.807) is 0 Å². The topological polar surface area (TPSA) is 15.3 Å². The molecule has 1 aliphatic rings. The third kappa shape index (κ3) is 3.54. The monoisotopic (exact) mass is 252 g/mol. The van der Waals surface area contributed by atoms with Crippen LogP contribution in [0.2, 0.25) is 0 Å². The van der Waals surface area contributed by atoms with Gasteiger partial charge in [0, 0.05) is 42.0 Å². The van der Waals surface area contributed by atoms with E-state index in [1.165, 1.54) is 41.2 Å².